The third kappa shape index (κ3) is 9.67. The van der Waals surface area contributed by atoms with Gasteiger partial charge in [-0.3, -0.25) is 20.8 Å². The van der Waals surface area contributed by atoms with E-state index in [0.717, 1.165) is 0 Å². The van der Waals surface area contributed by atoms with E-state index in [-0.39, 0.29) is 27.4 Å². The molecule has 11 heteroatoms. The number of halogens is 2. The first kappa shape index (κ1) is 23.3. The number of hydrogen-bond acceptors (Lipinski definition) is 6. The van der Waals surface area contributed by atoms with E-state index in [1.165, 1.54) is 12.4 Å². The fourth-order valence-corrected chi connectivity index (χ4v) is 2.14. The standard InChI is InChI=1S/C16H14Cl2N6S2.Cu/c17-11-1-5-13(6-2-11)21-15(25)23-19-9-10-20-24-16(26)22-14-7-3-12(18)4-8-14;/h1-10H,(H2,21,23,25)(H2,22,24,26);/q;+2/p-2/b19-9+,20-10+;. The number of aliphatic imine (C=N–C) groups is 2. The zero-order valence-electron chi connectivity index (χ0n) is 13.4. The quantitative estimate of drug-likeness (QED) is 0.221. The third-order valence-corrected chi connectivity index (χ3v) is 3.52. The fourth-order valence-electron chi connectivity index (χ4n) is 1.57. The van der Waals surface area contributed by atoms with Crippen LogP contribution in [0.15, 0.2) is 68.7 Å². The van der Waals surface area contributed by atoms with E-state index in [9.17, 15) is 0 Å². The van der Waals surface area contributed by atoms with Crippen molar-refractivity contribution in [2.24, 2.45) is 20.2 Å². The van der Waals surface area contributed by atoms with E-state index >= 15 is 0 Å². The molecule has 1 radical (unpaired) electrons. The van der Waals surface area contributed by atoms with Crippen molar-refractivity contribution in [1.29, 1.82) is 0 Å². The van der Waals surface area contributed by atoms with Crippen LogP contribution in [-0.4, -0.2) is 22.8 Å². The molecule has 6 nitrogen and oxygen atoms in total. The smallest absolute Gasteiger partial charge is 0.741 e. The maximum Gasteiger partial charge on any atom is 2.00 e. The first-order valence-corrected chi connectivity index (χ1v) is 8.69. The van der Waals surface area contributed by atoms with Crippen LogP contribution in [0, 0.1) is 0 Å². The summed E-state index contributed by atoms with van der Waals surface area (Å²) in [6.07, 6.45) is 2.78. The van der Waals surface area contributed by atoms with Crippen molar-refractivity contribution < 1.29 is 17.1 Å². The molecule has 2 N–H and O–H groups in total. The Kier molecular flexibility index (Phi) is 10.9. The molecule has 0 aliphatic rings. The van der Waals surface area contributed by atoms with Crippen LogP contribution in [-0.2, 0) is 42.3 Å². The molecule has 2 aromatic rings. The number of hydrogen-bond donors (Lipinski definition) is 2. The summed E-state index contributed by atoms with van der Waals surface area (Å²) in [5.74, 6) is 0. The Hall–Kier alpha value is -1.74. The van der Waals surface area contributed by atoms with Gasteiger partial charge in [0.15, 0.2) is 0 Å². The largest absolute Gasteiger partial charge is 2.00 e. The summed E-state index contributed by atoms with van der Waals surface area (Å²) in [5.41, 5.74) is 6.53. The number of amidine groups is 2. The molecule has 0 aliphatic carbocycles. The molecular weight excluding hydrogens is 475 g/mol. The third-order valence-electron chi connectivity index (χ3n) is 2.65. The number of rotatable bonds is 5. The maximum absolute atomic E-state index is 5.80. The monoisotopic (exact) mass is 485 g/mol. The van der Waals surface area contributed by atoms with E-state index in [1.54, 1.807) is 48.5 Å². The molecule has 0 aliphatic heterocycles. The molecule has 0 heterocycles. The molecule has 143 valence electrons. The van der Waals surface area contributed by atoms with Crippen LogP contribution in [0.2, 0.25) is 10.0 Å². The van der Waals surface area contributed by atoms with Crippen LogP contribution in [0.25, 0.3) is 0 Å². The Morgan fingerprint density at radius 1 is 0.704 bits per heavy atom. The summed E-state index contributed by atoms with van der Waals surface area (Å²) >= 11 is 21.7. The average Bonchev–Trinajstić information content (AvgIpc) is 2.62. The SMILES string of the molecule is [Cu+2].[S-]C(=Nc1ccc(Cl)cc1)N/N=C/C=N/NC([S-])=Nc1ccc(Cl)cc1. The molecule has 0 fully saturated rings. The molecule has 0 unspecified atom stereocenters. The Bertz CT molecular complexity index is 767. The molecular formula is C16H12Cl2CuN6S2. The number of benzene rings is 2. The van der Waals surface area contributed by atoms with Crippen LogP contribution in [0.4, 0.5) is 11.4 Å². The maximum atomic E-state index is 5.80. The van der Waals surface area contributed by atoms with Crippen LogP contribution in [0.3, 0.4) is 0 Å². The second kappa shape index (κ2) is 12.6. The van der Waals surface area contributed by atoms with Crippen LogP contribution < -0.4 is 10.9 Å². The molecule has 27 heavy (non-hydrogen) atoms. The Morgan fingerprint density at radius 2 is 1.04 bits per heavy atom. The van der Waals surface area contributed by atoms with Gasteiger partial charge in [-0.1, -0.05) is 23.2 Å². The second-order valence-electron chi connectivity index (χ2n) is 4.57. The Labute approximate surface area is 188 Å². The van der Waals surface area contributed by atoms with E-state index in [1.807, 2.05) is 0 Å². The molecule has 0 bridgehead atoms. The van der Waals surface area contributed by atoms with E-state index in [0.29, 0.717) is 21.4 Å². The van der Waals surface area contributed by atoms with Crippen molar-refractivity contribution in [2.45, 2.75) is 0 Å². The average molecular weight is 487 g/mol. The van der Waals surface area contributed by atoms with Gasteiger partial charge < -0.3 is 25.3 Å². The van der Waals surface area contributed by atoms with Crippen LogP contribution >= 0.6 is 23.2 Å². The minimum atomic E-state index is 0. The molecule has 0 amide bonds. The summed E-state index contributed by atoms with van der Waals surface area (Å²) < 4.78 is 0. The molecule has 2 aromatic carbocycles. The van der Waals surface area contributed by atoms with Gasteiger partial charge in [0, 0.05) is 20.4 Å². The van der Waals surface area contributed by atoms with Crippen LogP contribution in [0.1, 0.15) is 0 Å². The fraction of sp³-hybridized carbons (Fsp3) is 0. The van der Waals surface area contributed by atoms with Crippen molar-refractivity contribution in [3.63, 3.8) is 0 Å². The van der Waals surface area contributed by atoms with Gasteiger partial charge in [0.2, 0.25) is 0 Å². The van der Waals surface area contributed by atoms with Gasteiger partial charge in [-0.25, -0.2) is 0 Å². The molecule has 0 spiro atoms. The summed E-state index contributed by atoms with van der Waals surface area (Å²) in [6.45, 7) is 0. The first-order chi connectivity index (χ1) is 12.5. The van der Waals surface area contributed by atoms with Crippen molar-refractivity contribution >= 4 is 82.6 Å². The van der Waals surface area contributed by atoms with Gasteiger partial charge in [-0.05, 0) is 48.5 Å². The van der Waals surface area contributed by atoms with Gasteiger partial charge in [0.25, 0.3) is 0 Å². The summed E-state index contributed by atoms with van der Waals surface area (Å²) in [6, 6.07) is 13.9. The minimum Gasteiger partial charge on any atom is -0.741 e. The molecule has 2 rings (SSSR count). The van der Waals surface area contributed by atoms with E-state index in [2.05, 4.69) is 31.0 Å². The Morgan fingerprint density at radius 3 is 1.37 bits per heavy atom. The second-order valence-corrected chi connectivity index (χ2v) is 6.21. The topological polar surface area (TPSA) is 73.5 Å². The predicted molar refractivity (Wildman–Crippen MR) is 115 cm³/mol. The first-order valence-electron chi connectivity index (χ1n) is 7.12. The number of nitrogens with zero attached hydrogens (tertiary/aromatic N) is 4. The molecule has 0 aromatic heterocycles. The van der Waals surface area contributed by atoms with Gasteiger partial charge in [0.1, 0.15) is 0 Å². The normalized spacial score (nSPS) is 12.2. The van der Waals surface area contributed by atoms with E-state index in [4.69, 9.17) is 48.5 Å². The Balaban J connectivity index is 0.00000364. The molecule has 0 saturated heterocycles. The zero-order valence-corrected chi connectivity index (χ0v) is 17.5. The summed E-state index contributed by atoms with van der Waals surface area (Å²) in [5, 5.41) is 9.40. The van der Waals surface area contributed by atoms with Gasteiger partial charge >= 0.3 is 17.1 Å². The predicted octanol–water partition coefficient (Wildman–Crippen LogP) is 3.91. The number of hydrazone groups is 2. The van der Waals surface area contributed by atoms with Gasteiger partial charge in [-0.15, -0.1) is 0 Å². The van der Waals surface area contributed by atoms with Crippen LogP contribution in [0.5, 0.6) is 0 Å². The summed E-state index contributed by atoms with van der Waals surface area (Å²) in [7, 11) is 0. The van der Waals surface area contributed by atoms with Gasteiger partial charge in [0.05, 0.1) is 23.8 Å². The van der Waals surface area contributed by atoms with E-state index < -0.39 is 0 Å². The van der Waals surface area contributed by atoms with Crippen molar-refractivity contribution in [3.05, 3.63) is 58.6 Å². The molecule has 0 saturated carbocycles. The van der Waals surface area contributed by atoms with Gasteiger partial charge in [-0.2, -0.15) is 10.2 Å². The van der Waals surface area contributed by atoms with Crippen molar-refractivity contribution in [1.82, 2.24) is 10.9 Å². The van der Waals surface area contributed by atoms with Crippen molar-refractivity contribution in [3.8, 4) is 0 Å². The number of nitrogens with one attached hydrogen (secondary N) is 2. The summed E-state index contributed by atoms with van der Waals surface area (Å²) in [4.78, 5) is 8.28. The molecule has 0 atom stereocenters. The zero-order chi connectivity index (χ0) is 18.8. The van der Waals surface area contributed by atoms with Crippen molar-refractivity contribution in [2.75, 3.05) is 0 Å². The minimum absolute atomic E-state index is 0.